The van der Waals surface area contributed by atoms with E-state index in [1.165, 1.54) is 20.3 Å². The molecule has 6 rings (SSSR count). The lowest BCUT2D eigenvalue weighted by atomic mass is 9.95. The van der Waals surface area contributed by atoms with E-state index in [1.54, 1.807) is 27.7 Å². The van der Waals surface area contributed by atoms with Crippen LogP contribution >= 0.6 is 0 Å². The largest absolute Gasteiger partial charge is 0.457 e. The van der Waals surface area contributed by atoms with Gasteiger partial charge in [-0.3, -0.25) is 14.4 Å². The van der Waals surface area contributed by atoms with Gasteiger partial charge in [-0.15, -0.1) is 0 Å². The first-order valence-electron chi connectivity index (χ1n) is 33.3. The monoisotopic (exact) mass is 1270 g/mol. The maximum absolute atomic E-state index is 14.0. The van der Waals surface area contributed by atoms with Gasteiger partial charge in [0.25, 0.3) is 0 Å². The molecule has 25 nitrogen and oxygen atoms in total. The molecule has 6 fully saturated rings. The first-order valence-corrected chi connectivity index (χ1v) is 33.3. The van der Waals surface area contributed by atoms with Crippen LogP contribution in [0.5, 0.6) is 0 Å². The molecule has 0 saturated carbocycles. The Morgan fingerprint density at radius 3 is 1.67 bits per heavy atom. The topological polar surface area (TPSA) is 353 Å². The molecule has 6 saturated heterocycles. The third-order valence-electron chi connectivity index (χ3n) is 18.2. The summed E-state index contributed by atoms with van der Waals surface area (Å²) in [6.07, 6.45) is -19.9. The highest BCUT2D eigenvalue weighted by Crippen LogP contribution is 2.39. The Balaban J connectivity index is 1.29. The SMILES string of the molecule is CCCCCCCCCCCC(=O)O[C@H]1[C@H](O[C@@H]2[C@@H](O)[C@H]3OC(=O)CCCCCCCCC[C@H](CCCCC)O[C@@H]4O[C@H](C)[C@@H](O)[C@H](O)[C@H]4O[C@@H]3O[C@H]2C)O[C@@H](C)[C@H](O[C@@H]2O[C@@H](C)[C@H](OC(=O)[C@@H](C)CC)[C@@H](O)[C@H]2O[C@@H]2O[C@H](CO)[C@H](O)[C@H](O)[C@H]2O)[C@H]1O. The predicted molar refractivity (Wildman–Crippen MR) is 312 cm³/mol. The zero-order chi connectivity index (χ0) is 64.2. The van der Waals surface area contributed by atoms with Gasteiger partial charge in [0.2, 0.25) is 0 Å². The second-order valence-corrected chi connectivity index (χ2v) is 25.4. The van der Waals surface area contributed by atoms with Crippen LogP contribution in [0.15, 0.2) is 0 Å². The molecule has 0 aromatic heterocycles. The summed E-state index contributed by atoms with van der Waals surface area (Å²) >= 11 is 0. The van der Waals surface area contributed by atoms with Gasteiger partial charge < -0.3 is 108 Å². The number of hydrogen-bond donors (Lipinski definition) is 9. The van der Waals surface area contributed by atoms with E-state index in [0.29, 0.717) is 19.3 Å². The standard InChI is InChI=1S/C63H110O25/c1-9-12-14-15-16-17-20-23-27-31-41(65)82-55-49(73)53(86-63-57(87-59-47(71)45(69)44(68)40(33-64)81-59)48(72)51(36(6)77-63)84-58(75)34(4)11-3)37(7)78-61(55)85-52-38(8)79-62-56(50(52)74)83-42(66)32-28-24-21-18-19-22-26-30-39(29-25-13-10-2)80-60-54(88-62)46(70)43(67)35(5)76-60/h34-40,43-57,59-64,67-74H,9-33H2,1-8H3/t34-,35+,36-,37-,38-,39-,40+,43+,44-,45-,46-,47+,48+,49+,50+,51-,52-,53-,54+,55+,56+,57+,59-,60-,61-,62-,63-/m0/s1. The van der Waals surface area contributed by atoms with E-state index >= 15 is 0 Å². The summed E-state index contributed by atoms with van der Waals surface area (Å²) in [4.78, 5) is 41.0. The van der Waals surface area contributed by atoms with Gasteiger partial charge in [-0.05, 0) is 59.8 Å². The minimum Gasteiger partial charge on any atom is -0.457 e. The number of carbonyl (C=O) groups is 3. The van der Waals surface area contributed by atoms with Crippen molar-refractivity contribution < 1.29 is 122 Å². The quantitative estimate of drug-likeness (QED) is 0.0349. The zero-order valence-corrected chi connectivity index (χ0v) is 53.3. The van der Waals surface area contributed by atoms with Crippen LogP contribution in [0.1, 0.15) is 209 Å². The van der Waals surface area contributed by atoms with Crippen molar-refractivity contribution in [3.05, 3.63) is 0 Å². The summed E-state index contributed by atoms with van der Waals surface area (Å²) in [5, 5.41) is 102. The summed E-state index contributed by atoms with van der Waals surface area (Å²) in [5.41, 5.74) is 0. The lowest BCUT2D eigenvalue weighted by molar-refractivity contribution is -0.395. The van der Waals surface area contributed by atoms with Crippen LogP contribution in [0, 0.1) is 5.92 Å². The highest BCUT2D eigenvalue weighted by molar-refractivity contribution is 5.72. The molecule has 0 aliphatic carbocycles. The molecule has 6 aliphatic heterocycles. The van der Waals surface area contributed by atoms with Crippen LogP contribution in [0.4, 0.5) is 0 Å². The van der Waals surface area contributed by atoms with Crippen LogP contribution in [0.2, 0.25) is 0 Å². The summed E-state index contributed by atoms with van der Waals surface area (Å²) in [7, 11) is 0. The second kappa shape index (κ2) is 37.5. The van der Waals surface area contributed by atoms with Gasteiger partial charge in [-0.25, -0.2) is 0 Å². The fraction of sp³-hybridized carbons (Fsp3) is 0.952. The fourth-order valence-corrected chi connectivity index (χ4v) is 12.3. The Labute approximate surface area is 519 Å². The molecule has 0 aromatic rings. The van der Waals surface area contributed by atoms with Gasteiger partial charge in [-0.1, -0.05) is 137 Å². The minimum atomic E-state index is -1.96. The van der Waals surface area contributed by atoms with Gasteiger partial charge in [0, 0.05) is 12.8 Å². The van der Waals surface area contributed by atoms with Gasteiger partial charge >= 0.3 is 17.9 Å². The Bertz CT molecular complexity index is 2010. The molecule has 6 aliphatic rings. The number of unbranched alkanes of at least 4 members (excludes halogenated alkanes) is 10. The minimum absolute atomic E-state index is 0.0137. The van der Waals surface area contributed by atoms with Crippen LogP contribution in [0.3, 0.4) is 0 Å². The van der Waals surface area contributed by atoms with Crippen molar-refractivity contribution in [1.82, 2.24) is 0 Å². The Kier molecular flexibility index (Phi) is 31.8. The summed E-state index contributed by atoms with van der Waals surface area (Å²) in [5.74, 6) is -2.69. The fourth-order valence-electron chi connectivity index (χ4n) is 12.3. The number of aliphatic hydroxyl groups excluding tert-OH is 9. The van der Waals surface area contributed by atoms with Gasteiger partial charge in [0.15, 0.2) is 49.8 Å². The molecule has 512 valence electrons. The van der Waals surface area contributed by atoms with E-state index in [9.17, 15) is 60.3 Å². The van der Waals surface area contributed by atoms with E-state index in [2.05, 4.69) is 13.8 Å². The van der Waals surface area contributed by atoms with Gasteiger partial charge in [-0.2, -0.15) is 0 Å². The smallest absolute Gasteiger partial charge is 0.309 e. The molecule has 25 heteroatoms. The summed E-state index contributed by atoms with van der Waals surface area (Å²) < 4.78 is 81.2. The average molecular weight is 1270 g/mol. The predicted octanol–water partition coefficient (Wildman–Crippen LogP) is 4.30. The maximum atomic E-state index is 14.0. The molecular formula is C63H110O25. The molecule has 0 amide bonds. The zero-order valence-electron chi connectivity index (χ0n) is 53.3. The molecular weight excluding hydrogens is 1160 g/mol. The molecule has 88 heavy (non-hydrogen) atoms. The van der Waals surface area contributed by atoms with E-state index in [-0.39, 0.29) is 18.9 Å². The van der Waals surface area contributed by atoms with Crippen molar-refractivity contribution in [2.45, 2.75) is 369 Å². The van der Waals surface area contributed by atoms with Crippen molar-refractivity contribution in [1.29, 1.82) is 0 Å². The van der Waals surface area contributed by atoms with Crippen LogP contribution < -0.4 is 0 Å². The molecule has 6 heterocycles. The lowest BCUT2D eigenvalue weighted by Gasteiger charge is -2.50. The number of fused-ring (bicyclic) bond motifs is 2. The Morgan fingerprint density at radius 2 is 1.02 bits per heavy atom. The van der Waals surface area contributed by atoms with E-state index in [4.69, 9.17) is 61.6 Å². The maximum Gasteiger partial charge on any atom is 0.309 e. The molecule has 0 unspecified atom stereocenters. The number of hydrogen-bond acceptors (Lipinski definition) is 25. The molecule has 0 spiro atoms. The molecule has 27 atom stereocenters. The lowest BCUT2D eigenvalue weighted by Crippen LogP contribution is -2.67. The summed E-state index contributed by atoms with van der Waals surface area (Å²) in [6, 6.07) is 0. The van der Waals surface area contributed by atoms with Crippen molar-refractivity contribution in [3.63, 3.8) is 0 Å². The average Bonchev–Trinajstić information content (AvgIpc) is 1.07. The van der Waals surface area contributed by atoms with Crippen molar-refractivity contribution in [2.24, 2.45) is 5.92 Å². The normalized spacial score (nSPS) is 41.3. The highest BCUT2D eigenvalue weighted by atomic mass is 16.8. The molecule has 0 bridgehead atoms. The number of ether oxygens (including phenoxy) is 13. The number of aliphatic hydroxyl groups is 9. The van der Waals surface area contributed by atoms with E-state index in [0.717, 1.165) is 116 Å². The highest BCUT2D eigenvalue weighted by Gasteiger charge is 2.58. The summed E-state index contributed by atoms with van der Waals surface area (Å²) in [6.45, 7) is 13.0. The Hall–Kier alpha value is -2.35. The van der Waals surface area contributed by atoms with Crippen molar-refractivity contribution in [3.8, 4) is 0 Å². The van der Waals surface area contributed by atoms with Gasteiger partial charge in [0.1, 0.15) is 79.4 Å². The third kappa shape index (κ3) is 20.8. The first-order chi connectivity index (χ1) is 42.1. The van der Waals surface area contributed by atoms with Crippen molar-refractivity contribution in [2.75, 3.05) is 6.61 Å². The van der Waals surface area contributed by atoms with Crippen LogP contribution in [-0.2, 0) is 76.0 Å². The molecule has 9 N–H and O–H groups in total. The van der Waals surface area contributed by atoms with Crippen LogP contribution in [-0.4, -0.2) is 230 Å². The van der Waals surface area contributed by atoms with Crippen molar-refractivity contribution >= 4 is 17.9 Å². The molecule has 0 radical (unpaired) electrons. The van der Waals surface area contributed by atoms with E-state index in [1.807, 2.05) is 0 Å². The number of rotatable bonds is 25. The number of carbonyl (C=O) groups excluding carboxylic acids is 3. The van der Waals surface area contributed by atoms with Crippen LogP contribution in [0.25, 0.3) is 0 Å². The first kappa shape index (κ1) is 74.7. The molecule has 0 aromatic carbocycles. The Morgan fingerprint density at radius 1 is 0.489 bits per heavy atom. The van der Waals surface area contributed by atoms with Gasteiger partial charge in [0.05, 0.1) is 43.0 Å². The third-order valence-corrected chi connectivity index (χ3v) is 18.2. The second-order valence-electron chi connectivity index (χ2n) is 25.4. The number of esters is 3. The van der Waals surface area contributed by atoms with E-state index < -0.39 is 184 Å².